The number of thiol groups is 1. The lowest BCUT2D eigenvalue weighted by Gasteiger charge is -2.45. The molecule has 2 aliphatic rings. The van der Waals surface area contributed by atoms with Crippen LogP contribution in [0, 0.1) is 11.8 Å². The molecule has 0 aromatic rings. The number of carbonyl (C=O) groups excluding carboxylic acids is 1. The molecule has 0 saturated heterocycles. The Kier molecular flexibility index (Phi) is 3.44. The van der Waals surface area contributed by atoms with E-state index in [0.717, 1.165) is 25.7 Å². The number of ketones is 1. The fourth-order valence-corrected chi connectivity index (χ4v) is 3.94. The van der Waals surface area contributed by atoms with Crippen LogP contribution in [0.4, 0.5) is 0 Å². The second-order valence-corrected chi connectivity index (χ2v) is 6.24. The van der Waals surface area contributed by atoms with Crippen molar-refractivity contribution < 1.29 is 4.79 Å². The van der Waals surface area contributed by atoms with Crippen molar-refractivity contribution in [1.29, 1.82) is 0 Å². The molecular weight excluding hydrogens is 204 g/mol. The predicted octanol–water partition coefficient (Wildman–Crippen LogP) is 3.62. The van der Waals surface area contributed by atoms with E-state index in [0.29, 0.717) is 11.7 Å². The summed E-state index contributed by atoms with van der Waals surface area (Å²) in [4.78, 5) is 12.0. The second-order valence-electron chi connectivity index (χ2n) is 5.40. The van der Waals surface area contributed by atoms with E-state index in [-0.39, 0.29) is 10.7 Å². The molecule has 2 heteroatoms. The molecule has 3 atom stereocenters. The van der Waals surface area contributed by atoms with Gasteiger partial charge in [0.2, 0.25) is 0 Å². The smallest absolute Gasteiger partial charge is 0.137 e. The molecular formula is C13H22OS. The molecule has 0 spiro atoms. The van der Waals surface area contributed by atoms with Gasteiger partial charge in [-0.05, 0) is 31.6 Å². The number of carbonyl (C=O) groups is 1. The van der Waals surface area contributed by atoms with Crippen LogP contribution >= 0.6 is 12.6 Å². The molecule has 0 bridgehead atoms. The summed E-state index contributed by atoms with van der Waals surface area (Å²) in [7, 11) is 0. The van der Waals surface area contributed by atoms with Crippen LogP contribution in [0.15, 0.2) is 0 Å². The van der Waals surface area contributed by atoms with Gasteiger partial charge in [-0.2, -0.15) is 12.6 Å². The van der Waals surface area contributed by atoms with Gasteiger partial charge in [0.05, 0.1) is 0 Å². The number of hydrogen-bond donors (Lipinski definition) is 1. The van der Waals surface area contributed by atoms with E-state index in [9.17, 15) is 4.79 Å². The van der Waals surface area contributed by atoms with E-state index < -0.39 is 0 Å². The third-order valence-electron chi connectivity index (χ3n) is 4.48. The quantitative estimate of drug-likeness (QED) is 0.676. The van der Waals surface area contributed by atoms with E-state index in [4.69, 9.17) is 12.6 Å². The minimum atomic E-state index is 0.0236. The highest BCUT2D eigenvalue weighted by atomic mass is 32.1. The lowest BCUT2D eigenvalue weighted by molar-refractivity contribution is -0.126. The summed E-state index contributed by atoms with van der Waals surface area (Å²) in [5.41, 5.74) is 0. The highest BCUT2D eigenvalue weighted by Crippen LogP contribution is 2.47. The Balaban J connectivity index is 2.14. The first-order chi connectivity index (χ1) is 7.14. The van der Waals surface area contributed by atoms with E-state index in [1.807, 2.05) is 0 Å². The van der Waals surface area contributed by atoms with Gasteiger partial charge in [0.25, 0.3) is 0 Å². The largest absolute Gasteiger partial charge is 0.299 e. The Bertz CT molecular complexity index is 251. The topological polar surface area (TPSA) is 17.1 Å². The van der Waals surface area contributed by atoms with Crippen LogP contribution in [0.5, 0.6) is 0 Å². The SMILES string of the molecule is CC1CCCCC1(S)C1CCCCC1=O. The summed E-state index contributed by atoms with van der Waals surface area (Å²) in [6.45, 7) is 2.29. The monoisotopic (exact) mass is 226 g/mol. The third kappa shape index (κ3) is 2.11. The lowest BCUT2D eigenvalue weighted by Crippen LogP contribution is -2.46. The molecule has 0 aliphatic heterocycles. The molecule has 3 unspecified atom stereocenters. The van der Waals surface area contributed by atoms with Crippen molar-refractivity contribution in [3.05, 3.63) is 0 Å². The Hall–Kier alpha value is 0.0200. The molecule has 0 aromatic carbocycles. The van der Waals surface area contributed by atoms with Crippen molar-refractivity contribution in [3.63, 3.8) is 0 Å². The molecule has 0 N–H and O–H groups in total. The Morgan fingerprint density at radius 3 is 2.60 bits per heavy atom. The van der Waals surface area contributed by atoms with Gasteiger partial charge in [0.1, 0.15) is 5.78 Å². The lowest BCUT2D eigenvalue weighted by atomic mass is 9.67. The highest BCUT2D eigenvalue weighted by molar-refractivity contribution is 7.81. The summed E-state index contributed by atoms with van der Waals surface area (Å²) in [6.07, 6.45) is 9.22. The van der Waals surface area contributed by atoms with E-state index in [1.165, 1.54) is 25.7 Å². The molecule has 0 radical (unpaired) electrons. The van der Waals surface area contributed by atoms with Gasteiger partial charge in [0.15, 0.2) is 0 Å². The van der Waals surface area contributed by atoms with Crippen molar-refractivity contribution in [1.82, 2.24) is 0 Å². The fraction of sp³-hybridized carbons (Fsp3) is 0.923. The van der Waals surface area contributed by atoms with Crippen molar-refractivity contribution in [2.75, 3.05) is 0 Å². The van der Waals surface area contributed by atoms with Crippen LogP contribution in [-0.2, 0) is 4.79 Å². The first-order valence-electron chi connectivity index (χ1n) is 6.39. The Morgan fingerprint density at radius 2 is 1.93 bits per heavy atom. The van der Waals surface area contributed by atoms with Crippen LogP contribution in [0.3, 0.4) is 0 Å². The normalized spacial score (nSPS) is 42.9. The molecule has 86 valence electrons. The molecule has 2 aliphatic carbocycles. The minimum absolute atomic E-state index is 0.0236. The molecule has 2 rings (SSSR count). The van der Waals surface area contributed by atoms with Crippen LogP contribution < -0.4 is 0 Å². The maximum atomic E-state index is 12.0. The molecule has 2 saturated carbocycles. The highest BCUT2D eigenvalue weighted by Gasteiger charge is 2.45. The first-order valence-corrected chi connectivity index (χ1v) is 6.84. The third-order valence-corrected chi connectivity index (χ3v) is 5.45. The van der Waals surface area contributed by atoms with Gasteiger partial charge in [-0.25, -0.2) is 0 Å². The van der Waals surface area contributed by atoms with Crippen LogP contribution in [0.1, 0.15) is 58.3 Å². The zero-order chi connectivity index (χ0) is 10.9. The van der Waals surface area contributed by atoms with Gasteiger partial charge in [-0.15, -0.1) is 0 Å². The van der Waals surface area contributed by atoms with Gasteiger partial charge >= 0.3 is 0 Å². The van der Waals surface area contributed by atoms with Crippen molar-refractivity contribution in [2.24, 2.45) is 11.8 Å². The summed E-state index contributed by atoms with van der Waals surface area (Å²) in [6, 6.07) is 0. The molecule has 0 amide bonds. The Morgan fingerprint density at radius 1 is 1.20 bits per heavy atom. The maximum Gasteiger partial charge on any atom is 0.137 e. The summed E-state index contributed by atoms with van der Waals surface area (Å²) >= 11 is 4.93. The van der Waals surface area contributed by atoms with E-state index >= 15 is 0 Å². The maximum absolute atomic E-state index is 12.0. The summed E-state index contributed by atoms with van der Waals surface area (Å²) in [5.74, 6) is 1.36. The predicted molar refractivity (Wildman–Crippen MR) is 66.3 cm³/mol. The van der Waals surface area contributed by atoms with Crippen molar-refractivity contribution >= 4 is 18.4 Å². The minimum Gasteiger partial charge on any atom is -0.299 e. The van der Waals surface area contributed by atoms with Crippen molar-refractivity contribution in [3.8, 4) is 0 Å². The van der Waals surface area contributed by atoms with Gasteiger partial charge in [0, 0.05) is 17.1 Å². The average molecular weight is 226 g/mol. The number of rotatable bonds is 1. The molecule has 1 nitrogen and oxygen atoms in total. The summed E-state index contributed by atoms with van der Waals surface area (Å²) in [5, 5.41) is 0. The van der Waals surface area contributed by atoms with Crippen molar-refractivity contribution in [2.45, 2.75) is 63.0 Å². The fourth-order valence-electron chi connectivity index (χ4n) is 3.38. The number of Topliss-reactive ketones (excluding diaryl/α,β-unsaturated/α-hetero) is 1. The molecule has 0 heterocycles. The molecule has 0 aromatic heterocycles. The van der Waals surface area contributed by atoms with E-state index in [1.54, 1.807) is 0 Å². The molecule has 2 fully saturated rings. The zero-order valence-corrected chi connectivity index (χ0v) is 10.6. The number of hydrogen-bond acceptors (Lipinski definition) is 2. The standard InChI is InChI=1S/C13H22OS/c1-10-6-4-5-9-13(10,15)11-7-2-3-8-12(11)14/h10-11,15H,2-9H2,1H3. The second kappa shape index (κ2) is 4.48. The van der Waals surface area contributed by atoms with Gasteiger partial charge in [-0.3, -0.25) is 4.79 Å². The van der Waals surface area contributed by atoms with E-state index in [2.05, 4.69) is 6.92 Å². The average Bonchev–Trinajstić information content (AvgIpc) is 2.23. The summed E-state index contributed by atoms with van der Waals surface area (Å²) < 4.78 is 0.0236. The first kappa shape index (κ1) is 11.5. The molecule has 15 heavy (non-hydrogen) atoms. The van der Waals surface area contributed by atoms with Crippen LogP contribution in [0.25, 0.3) is 0 Å². The zero-order valence-electron chi connectivity index (χ0n) is 9.67. The Labute approximate surface area is 98.4 Å². The van der Waals surface area contributed by atoms with Gasteiger partial charge < -0.3 is 0 Å². The van der Waals surface area contributed by atoms with Crippen LogP contribution in [0.2, 0.25) is 0 Å². The van der Waals surface area contributed by atoms with Gasteiger partial charge in [-0.1, -0.05) is 26.2 Å². The van der Waals surface area contributed by atoms with Crippen LogP contribution in [-0.4, -0.2) is 10.5 Å².